The molecule has 0 aromatic heterocycles. The molecule has 2 N–H and O–H groups in total. The number of carbonyl (C=O) groups is 2. The van der Waals surface area contributed by atoms with E-state index < -0.39 is 23.0 Å². The van der Waals surface area contributed by atoms with Gasteiger partial charge < -0.3 is 10.1 Å². The van der Waals surface area contributed by atoms with Crippen LogP contribution in [-0.2, 0) is 4.79 Å². The summed E-state index contributed by atoms with van der Waals surface area (Å²) in [6.45, 7) is 3.10. The number of aryl methyl sites for hydroxylation is 1. The monoisotopic (exact) mass is 281 g/mol. The summed E-state index contributed by atoms with van der Waals surface area (Å²) >= 11 is 0. The van der Waals surface area contributed by atoms with Gasteiger partial charge in [0, 0.05) is 13.1 Å². The molecule has 0 fully saturated rings. The molecule has 0 unspecified atom stereocenters. The Balaban J connectivity index is 2.85. The second kappa shape index (κ2) is 6.50. The van der Waals surface area contributed by atoms with E-state index in [1.54, 1.807) is 13.0 Å². The van der Waals surface area contributed by atoms with Crippen LogP contribution in [0.5, 0.6) is 5.75 Å². The first-order valence-electron chi connectivity index (χ1n) is 5.79. The molecule has 1 aromatic carbocycles. The van der Waals surface area contributed by atoms with Crippen molar-refractivity contribution in [3.63, 3.8) is 0 Å². The summed E-state index contributed by atoms with van der Waals surface area (Å²) in [4.78, 5) is 32.9. The molecule has 1 rings (SSSR count). The van der Waals surface area contributed by atoms with E-state index in [-0.39, 0.29) is 11.4 Å². The molecule has 0 saturated heterocycles. The third-order valence-electron chi connectivity index (χ3n) is 2.45. The van der Waals surface area contributed by atoms with Crippen molar-refractivity contribution in [3.05, 3.63) is 33.9 Å². The van der Waals surface area contributed by atoms with Crippen molar-refractivity contribution in [2.45, 2.75) is 20.0 Å². The SMILES string of the molecule is CNC(=O)NC(=O)[C@H](C)Oc1ccc(C)cc1[N+](=O)[O-]. The van der Waals surface area contributed by atoms with Crippen LogP contribution in [0.1, 0.15) is 12.5 Å². The van der Waals surface area contributed by atoms with Crippen LogP contribution in [0.2, 0.25) is 0 Å². The van der Waals surface area contributed by atoms with Gasteiger partial charge >= 0.3 is 11.7 Å². The van der Waals surface area contributed by atoms with Crippen molar-refractivity contribution in [1.29, 1.82) is 0 Å². The summed E-state index contributed by atoms with van der Waals surface area (Å²) in [6, 6.07) is 3.71. The Morgan fingerprint density at radius 1 is 1.40 bits per heavy atom. The summed E-state index contributed by atoms with van der Waals surface area (Å²) in [7, 11) is 1.36. The fourth-order valence-corrected chi connectivity index (χ4v) is 1.39. The van der Waals surface area contributed by atoms with Gasteiger partial charge in [-0.15, -0.1) is 0 Å². The lowest BCUT2D eigenvalue weighted by atomic mass is 10.2. The van der Waals surface area contributed by atoms with Crippen molar-refractivity contribution in [1.82, 2.24) is 10.6 Å². The lowest BCUT2D eigenvalue weighted by Gasteiger charge is -2.14. The molecule has 0 aliphatic rings. The van der Waals surface area contributed by atoms with Crippen LogP contribution in [0.3, 0.4) is 0 Å². The average Bonchev–Trinajstić information content (AvgIpc) is 2.40. The Bertz CT molecular complexity index is 544. The topological polar surface area (TPSA) is 111 Å². The predicted octanol–water partition coefficient (Wildman–Crippen LogP) is 1.13. The number of ether oxygens (including phenoxy) is 1. The van der Waals surface area contributed by atoms with Gasteiger partial charge in [0.05, 0.1) is 4.92 Å². The summed E-state index contributed by atoms with van der Waals surface area (Å²) in [5.41, 5.74) is 0.469. The van der Waals surface area contributed by atoms with E-state index in [0.717, 1.165) is 0 Å². The number of urea groups is 1. The zero-order valence-electron chi connectivity index (χ0n) is 11.3. The van der Waals surface area contributed by atoms with Crippen molar-refractivity contribution < 1.29 is 19.2 Å². The quantitative estimate of drug-likeness (QED) is 0.634. The number of nitrogens with zero attached hydrogens (tertiary/aromatic N) is 1. The van der Waals surface area contributed by atoms with Gasteiger partial charge in [-0.1, -0.05) is 6.07 Å². The van der Waals surface area contributed by atoms with Crippen LogP contribution in [-0.4, -0.2) is 30.0 Å². The van der Waals surface area contributed by atoms with Crippen molar-refractivity contribution in [2.24, 2.45) is 0 Å². The fraction of sp³-hybridized carbons (Fsp3) is 0.333. The van der Waals surface area contributed by atoms with Gasteiger partial charge in [-0.2, -0.15) is 0 Å². The van der Waals surface area contributed by atoms with Gasteiger partial charge in [0.15, 0.2) is 11.9 Å². The second-order valence-electron chi connectivity index (χ2n) is 4.06. The minimum atomic E-state index is -1.05. The summed E-state index contributed by atoms with van der Waals surface area (Å²) in [6.07, 6.45) is -1.05. The number of amides is 3. The molecule has 0 heterocycles. The van der Waals surface area contributed by atoms with Crippen LogP contribution in [0.25, 0.3) is 0 Å². The van der Waals surface area contributed by atoms with Gasteiger partial charge in [-0.05, 0) is 25.5 Å². The molecule has 0 saturated carbocycles. The molecule has 8 heteroatoms. The number of nitrogens with one attached hydrogen (secondary N) is 2. The molecule has 0 spiro atoms. The summed E-state index contributed by atoms with van der Waals surface area (Å²) in [5, 5.41) is 15.2. The predicted molar refractivity (Wildman–Crippen MR) is 70.5 cm³/mol. The third-order valence-corrected chi connectivity index (χ3v) is 2.45. The first-order valence-corrected chi connectivity index (χ1v) is 5.79. The number of benzene rings is 1. The minimum Gasteiger partial charge on any atom is -0.474 e. The van der Waals surface area contributed by atoms with Gasteiger partial charge in [-0.3, -0.25) is 20.2 Å². The average molecular weight is 281 g/mol. The van der Waals surface area contributed by atoms with E-state index >= 15 is 0 Å². The normalized spacial score (nSPS) is 11.3. The van der Waals surface area contributed by atoms with E-state index in [4.69, 9.17) is 4.74 Å². The smallest absolute Gasteiger partial charge is 0.321 e. The van der Waals surface area contributed by atoms with Crippen LogP contribution >= 0.6 is 0 Å². The zero-order chi connectivity index (χ0) is 15.3. The fourth-order valence-electron chi connectivity index (χ4n) is 1.39. The Morgan fingerprint density at radius 3 is 2.60 bits per heavy atom. The number of hydrogen-bond donors (Lipinski definition) is 2. The number of nitro benzene ring substituents is 1. The summed E-state index contributed by atoms with van der Waals surface area (Å²) < 4.78 is 5.24. The largest absolute Gasteiger partial charge is 0.474 e. The van der Waals surface area contributed by atoms with E-state index in [1.165, 1.54) is 26.1 Å². The van der Waals surface area contributed by atoms with Gasteiger partial charge in [0.25, 0.3) is 5.91 Å². The molecule has 0 aliphatic heterocycles. The number of hydrogen-bond acceptors (Lipinski definition) is 5. The lowest BCUT2D eigenvalue weighted by Crippen LogP contribution is -2.44. The van der Waals surface area contributed by atoms with E-state index in [1.807, 2.05) is 5.32 Å². The molecule has 0 radical (unpaired) electrons. The van der Waals surface area contributed by atoms with E-state index in [0.29, 0.717) is 5.56 Å². The first-order chi connectivity index (χ1) is 9.35. The number of rotatable bonds is 4. The zero-order valence-corrected chi connectivity index (χ0v) is 11.3. The first kappa shape index (κ1) is 15.4. The molecule has 8 nitrogen and oxygen atoms in total. The molecule has 1 atom stereocenters. The standard InChI is InChI=1S/C12H15N3O5/c1-7-4-5-10(9(6-7)15(18)19)20-8(2)11(16)14-12(17)13-3/h4-6,8H,1-3H3,(H2,13,14,16,17)/t8-/m0/s1. The number of imide groups is 1. The highest BCUT2D eigenvalue weighted by molar-refractivity contribution is 5.96. The van der Waals surface area contributed by atoms with E-state index in [9.17, 15) is 19.7 Å². The lowest BCUT2D eigenvalue weighted by molar-refractivity contribution is -0.386. The Hall–Kier alpha value is -2.64. The molecule has 0 bridgehead atoms. The van der Waals surface area contributed by atoms with Crippen LogP contribution in [0, 0.1) is 17.0 Å². The van der Waals surface area contributed by atoms with Gasteiger partial charge in [-0.25, -0.2) is 4.79 Å². The Kier molecular flexibility index (Phi) is 5.01. The van der Waals surface area contributed by atoms with Crippen LogP contribution in [0.4, 0.5) is 10.5 Å². The highest BCUT2D eigenvalue weighted by Crippen LogP contribution is 2.28. The molecule has 20 heavy (non-hydrogen) atoms. The van der Waals surface area contributed by atoms with Crippen molar-refractivity contribution >= 4 is 17.6 Å². The van der Waals surface area contributed by atoms with Crippen molar-refractivity contribution in [2.75, 3.05) is 7.05 Å². The number of nitro groups is 1. The number of carbonyl (C=O) groups excluding carboxylic acids is 2. The van der Waals surface area contributed by atoms with Gasteiger partial charge in [0.2, 0.25) is 0 Å². The third kappa shape index (κ3) is 3.94. The molecule has 3 amide bonds. The maximum Gasteiger partial charge on any atom is 0.321 e. The highest BCUT2D eigenvalue weighted by Gasteiger charge is 2.22. The van der Waals surface area contributed by atoms with Crippen molar-refractivity contribution in [3.8, 4) is 5.75 Å². The molecule has 108 valence electrons. The Morgan fingerprint density at radius 2 is 2.05 bits per heavy atom. The van der Waals surface area contributed by atoms with Crippen LogP contribution < -0.4 is 15.4 Å². The second-order valence-corrected chi connectivity index (χ2v) is 4.06. The minimum absolute atomic E-state index is 0.0276. The molecular weight excluding hydrogens is 266 g/mol. The van der Waals surface area contributed by atoms with E-state index in [2.05, 4.69) is 5.32 Å². The maximum absolute atomic E-state index is 11.6. The van der Waals surface area contributed by atoms with Crippen LogP contribution in [0.15, 0.2) is 18.2 Å². The molecular formula is C12H15N3O5. The maximum atomic E-state index is 11.6. The summed E-state index contributed by atoms with van der Waals surface area (Å²) in [5.74, 6) is -0.723. The molecule has 1 aromatic rings. The molecule has 0 aliphatic carbocycles. The van der Waals surface area contributed by atoms with Gasteiger partial charge in [0.1, 0.15) is 0 Å². The Labute approximate surface area is 115 Å². The highest BCUT2D eigenvalue weighted by atomic mass is 16.6.